The zero-order valence-electron chi connectivity index (χ0n) is 14.1. The molecule has 1 aromatic rings. The van der Waals surface area contributed by atoms with Crippen LogP contribution >= 0.6 is 0 Å². The number of hydrogen-bond donors (Lipinski definition) is 1. The number of nitrogens with one attached hydrogen (secondary N) is 1. The number of ether oxygens (including phenoxy) is 1. The van der Waals surface area contributed by atoms with Gasteiger partial charge >= 0.3 is 0 Å². The van der Waals surface area contributed by atoms with Gasteiger partial charge in [0.2, 0.25) is 0 Å². The molecule has 1 fully saturated rings. The Hall–Kier alpha value is -1.02. The van der Waals surface area contributed by atoms with E-state index in [4.69, 9.17) is 4.74 Å². The van der Waals surface area contributed by atoms with E-state index in [2.05, 4.69) is 57.3 Å². The summed E-state index contributed by atoms with van der Waals surface area (Å²) in [6, 6.07) is 9.11. The second-order valence-electron chi connectivity index (χ2n) is 6.25. The van der Waals surface area contributed by atoms with Crippen LogP contribution in [0.4, 0.5) is 0 Å². The average molecular weight is 289 g/mol. The van der Waals surface area contributed by atoms with Crippen LogP contribution in [0.5, 0.6) is 5.75 Å². The second kappa shape index (κ2) is 7.31. The van der Waals surface area contributed by atoms with E-state index in [-0.39, 0.29) is 0 Å². The minimum Gasteiger partial charge on any atom is -0.489 e. The number of rotatable bonds is 8. The normalized spacial score (nSPS) is 23.6. The summed E-state index contributed by atoms with van der Waals surface area (Å²) in [6.45, 7) is 10.2. The van der Waals surface area contributed by atoms with Gasteiger partial charge in [0.25, 0.3) is 0 Å². The van der Waals surface area contributed by atoms with Crippen LogP contribution in [-0.2, 0) is 6.42 Å². The van der Waals surface area contributed by atoms with Crippen LogP contribution in [0.2, 0.25) is 0 Å². The van der Waals surface area contributed by atoms with E-state index in [1.165, 1.54) is 24.8 Å². The van der Waals surface area contributed by atoms with Gasteiger partial charge in [-0.05, 0) is 43.9 Å². The van der Waals surface area contributed by atoms with E-state index in [0.29, 0.717) is 17.6 Å². The molecule has 0 radical (unpaired) electrons. The molecule has 1 N–H and O–H groups in total. The quantitative estimate of drug-likeness (QED) is 0.756. The van der Waals surface area contributed by atoms with Crippen LogP contribution in [0.3, 0.4) is 0 Å². The van der Waals surface area contributed by atoms with E-state index in [0.717, 1.165) is 25.1 Å². The van der Waals surface area contributed by atoms with E-state index in [1.54, 1.807) is 0 Å². The lowest BCUT2D eigenvalue weighted by atomic mass is 9.58. The molecule has 0 spiro atoms. The molecule has 0 bridgehead atoms. The average Bonchev–Trinajstić information content (AvgIpc) is 2.52. The largest absolute Gasteiger partial charge is 0.489 e. The molecule has 118 valence electrons. The molecule has 0 saturated heterocycles. The molecule has 2 unspecified atom stereocenters. The lowest BCUT2D eigenvalue weighted by Gasteiger charge is -2.55. The molecule has 0 amide bonds. The Balaban J connectivity index is 2.09. The summed E-state index contributed by atoms with van der Waals surface area (Å²) in [5.41, 5.74) is 1.62. The smallest absolute Gasteiger partial charge is 0.122 e. The van der Waals surface area contributed by atoms with Crippen molar-refractivity contribution in [3.63, 3.8) is 0 Å². The topological polar surface area (TPSA) is 21.3 Å². The van der Waals surface area contributed by atoms with Crippen LogP contribution in [0, 0.1) is 5.41 Å². The highest BCUT2D eigenvalue weighted by molar-refractivity contribution is 5.34. The van der Waals surface area contributed by atoms with Crippen molar-refractivity contribution in [1.29, 1.82) is 0 Å². The molecule has 0 aromatic heterocycles. The summed E-state index contributed by atoms with van der Waals surface area (Å²) in [5, 5.41) is 3.73. The number of aryl methyl sites for hydroxylation is 1. The third-order valence-electron chi connectivity index (χ3n) is 5.36. The predicted octanol–water partition coefficient (Wildman–Crippen LogP) is 4.57. The standard InChI is InChI=1S/C19H31NO/c1-5-13-20-17-14-18(19(17,7-3)8-4)21-16-12-10-9-11-15(16)6-2/h9-12,17-18,20H,5-8,13-14H2,1-4H3. The lowest BCUT2D eigenvalue weighted by molar-refractivity contribution is -0.0861. The maximum Gasteiger partial charge on any atom is 0.122 e. The Morgan fingerprint density at radius 1 is 1.14 bits per heavy atom. The molecular formula is C19H31NO. The Labute approximate surface area is 130 Å². The van der Waals surface area contributed by atoms with Gasteiger partial charge in [-0.25, -0.2) is 0 Å². The van der Waals surface area contributed by atoms with Crippen molar-refractivity contribution < 1.29 is 4.74 Å². The summed E-state index contributed by atoms with van der Waals surface area (Å²) in [7, 11) is 0. The first kappa shape index (κ1) is 16.4. The molecule has 2 nitrogen and oxygen atoms in total. The maximum atomic E-state index is 6.44. The minimum absolute atomic E-state index is 0.302. The summed E-state index contributed by atoms with van der Waals surface area (Å²) in [6.07, 6.45) is 6.10. The molecule has 1 aromatic carbocycles. The monoisotopic (exact) mass is 289 g/mol. The molecule has 21 heavy (non-hydrogen) atoms. The summed E-state index contributed by atoms with van der Waals surface area (Å²) in [5.74, 6) is 1.09. The second-order valence-corrected chi connectivity index (χ2v) is 6.25. The van der Waals surface area contributed by atoms with Gasteiger partial charge < -0.3 is 10.1 Å². The molecule has 1 aliphatic rings. The van der Waals surface area contributed by atoms with Crippen LogP contribution in [-0.4, -0.2) is 18.7 Å². The molecule has 1 aliphatic carbocycles. The number of para-hydroxylation sites is 1. The Morgan fingerprint density at radius 2 is 1.86 bits per heavy atom. The highest BCUT2D eigenvalue weighted by Gasteiger charge is 2.54. The molecule has 1 saturated carbocycles. The van der Waals surface area contributed by atoms with Gasteiger partial charge in [-0.2, -0.15) is 0 Å². The fourth-order valence-electron chi connectivity index (χ4n) is 3.78. The molecule has 2 heteroatoms. The van der Waals surface area contributed by atoms with E-state index >= 15 is 0 Å². The van der Waals surface area contributed by atoms with Crippen LogP contribution < -0.4 is 10.1 Å². The fourth-order valence-corrected chi connectivity index (χ4v) is 3.78. The van der Waals surface area contributed by atoms with Crippen molar-refractivity contribution in [2.75, 3.05) is 6.54 Å². The first-order valence-corrected chi connectivity index (χ1v) is 8.69. The third kappa shape index (κ3) is 3.11. The van der Waals surface area contributed by atoms with Crippen molar-refractivity contribution in [3.05, 3.63) is 29.8 Å². The van der Waals surface area contributed by atoms with Gasteiger partial charge in [-0.1, -0.05) is 45.9 Å². The molecule has 2 rings (SSSR count). The molecule has 0 aliphatic heterocycles. The van der Waals surface area contributed by atoms with Crippen molar-refractivity contribution in [2.45, 2.75) is 71.9 Å². The maximum absolute atomic E-state index is 6.44. The lowest BCUT2D eigenvalue weighted by Crippen LogP contribution is -2.64. The number of benzene rings is 1. The summed E-state index contributed by atoms with van der Waals surface area (Å²) >= 11 is 0. The van der Waals surface area contributed by atoms with Crippen LogP contribution in [0.1, 0.15) is 58.9 Å². The highest BCUT2D eigenvalue weighted by atomic mass is 16.5. The van der Waals surface area contributed by atoms with Crippen molar-refractivity contribution in [2.24, 2.45) is 5.41 Å². The summed E-state index contributed by atoms with van der Waals surface area (Å²) in [4.78, 5) is 0. The van der Waals surface area contributed by atoms with Crippen molar-refractivity contribution >= 4 is 0 Å². The SMILES string of the molecule is CCCNC1CC(Oc2ccccc2CC)C1(CC)CC. The first-order valence-electron chi connectivity index (χ1n) is 8.69. The van der Waals surface area contributed by atoms with Gasteiger partial charge in [0.15, 0.2) is 0 Å². The van der Waals surface area contributed by atoms with E-state index in [9.17, 15) is 0 Å². The zero-order chi connectivity index (χ0) is 15.3. The minimum atomic E-state index is 0.302. The van der Waals surface area contributed by atoms with Gasteiger partial charge in [0.05, 0.1) is 0 Å². The molecular weight excluding hydrogens is 258 g/mol. The molecule has 2 atom stereocenters. The first-order chi connectivity index (χ1) is 10.2. The fraction of sp³-hybridized carbons (Fsp3) is 0.684. The van der Waals surface area contributed by atoms with Gasteiger partial charge in [-0.3, -0.25) is 0 Å². The Morgan fingerprint density at radius 3 is 2.48 bits per heavy atom. The van der Waals surface area contributed by atoms with Crippen molar-refractivity contribution in [1.82, 2.24) is 5.32 Å². The van der Waals surface area contributed by atoms with Gasteiger partial charge in [0.1, 0.15) is 11.9 Å². The number of hydrogen-bond acceptors (Lipinski definition) is 2. The summed E-state index contributed by atoms with van der Waals surface area (Å²) < 4.78 is 6.44. The third-order valence-corrected chi connectivity index (χ3v) is 5.36. The van der Waals surface area contributed by atoms with Crippen molar-refractivity contribution in [3.8, 4) is 5.75 Å². The Kier molecular flexibility index (Phi) is 5.69. The molecule has 0 heterocycles. The van der Waals surface area contributed by atoms with E-state index < -0.39 is 0 Å². The highest BCUT2D eigenvalue weighted by Crippen LogP contribution is 2.49. The van der Waals surface area contributed by atoms with E-state index in [1.807, 2.05) is 0 Å². The van der Waals surface area contributed by atoms with Crippen LogP contribution in [0.25, 0.3) is 0 Å². The van der Waals surface area contributed by atoms with Gasteiger partial charge in [-0.15, -0.1) is 0 Å². The van der Waals surface area contributed by atoms with Gasteiger partial charge in [0, 0.05) is 17.9 Å². The Bertz CT molecular complexity index is 439. The zero-order valence-corrected chi connectivity index (χ0v) is 14.1. The van der Waals surface area contributed by atoms with Crippen LogP contribution in [0.15, 0.2) is 24.3 Å². The predicted molar refractivity (Wildman–Crippen MR) is 89.9 cm³/mol.